The molecular weight excluding hydrogens is 444 g/mol. The topological polar surface area (TPSA) is 76.9 Å². The van der Waals surface area contributed by atoms with E-state index in [1.165, 1.54) is 55.8 Å². The van der Waals surface area contributed by atoms with E-state index in [1.54, 1.807) is 19.2 Å². The van der Waals surface area contributed by atoms with Crippen LogP contribution in [-0.4, -0.2) is 71.2 Å². The van der Waals surface area contributed by atoms with Crippen LogP contribution in [0.15, 0.2) is 34.9 Å². The summed E-state index contributed by atoms with van der Waals surface area (Å²) in [5.41, 5.74) is 1.74. The highest BCUT2D eigenvalue weighted by Crippen LogP contribution is 2.45. The van der Waals surface area contributed by atoms with E-state index in [4.69, 9.17) is 9.47 Å². The van der Waals surface area contributed by atoms with Crippen LogP contribution in [0.3, 0.4) is 0 Å². The van der Waals surface area contributed by atoms with E-state index in [9.17, 15) is 9.59 Å². The van der Waals surface area contributed by atoms with Crippen LogP contribution < -0.4 is 15.0 Å². The van der Waals surface area contributed by atoms with E-state index >= 15 is 0 Å². The summed E-state index contributed by atoms with van der Waals surface area (Å²) >= 11 is 0. The van der Waals surface area contributed by atoms with Crippen LogP contribution in [0, 0.1) is 11.8 Å². The van der Waals surface area contributed by atoms with Crippen LogP contribution in [0.5, 0.6) is 11.5 Å². The fourth-order valence-electron chi connectivity index (χ4n) is 7.09. The van der Waals surface area contributed by atoms with E-state index in [-0.39, 0.29) is 24.1 Å². The fourth-order valence-corrected chi connectivity index (χ4v) is 7.09. The molecule has 8 heteroatoms. The van der Waals surface area contributed by atoms with Crippen LogP contribution >= 0.6 is 0 Å². The molecule has 2 aromatic rings. The molecule has 8 nitrogen and oxygen atoms in total. The van der Waals surface area contributed by atoms with Crippen molar-refractivity contribution in [2.45, 2.75) is 57.2 Å². The minimum absolute atomic E-state index is 0.00237. The van der Waals surface area contributed by atoms with Gasteiger partial charge < -0.3 is 14.4 Å². The van der Waals surface area contributed by atoms with E-state index in [0.29, 0.717) is 40.3 Å². The van der Waals surface area contributed by atoms with Crippen molar-refractivity contribution < 1.29 is 14.3 Å². The lowest BCUT2D eigenvalue weighted by atomic mass is 9.68. The van der Waals surface area contributed by atoms with Gasteiger partial charge in [-0.25, -0.2) is 4.98 Å². The Labute approximate surface area is 205 Å². The van der Waals surface area contributed by atoms with Crippen LogP contribution in [0.4, 0.5) is 0 Å². The first kappa shape index (κ1) is 22.6. The Morgan fingerprint density at radius 1 is 1.11 bits per heavy atom. The first-order valence-electron chi connectivity index (χ1n) is 12.9. The summed E-state index contributed by atoms with van der Waals surface area (Å²) in [5, 5.41) is 0.418. The Kier molecular flexibility index (Phi) is 5.79. The van der Waals surface area contributed by atoms with Crippen molar-refractivity contribution >= 4 is 16.8 Å². The number of fused-ring (bicyclic) bond motifs is 7. The first-order valence-corrected chi connectivity index (χ1v) is 12.9. The Morgan fingerprint density at radius 2 is 1.94 bits per heavy atom. The summed E-state index contributed by atoms with van der Waals surface area (Å²) in [6.45, 7) is 3.04. The molecule has 4 unspecified atom stereocenters. The molecule has 3 aliphatic heterocycles. The zero-order valence-electron chi connectivity index (χ0n) is 20.6. The number of hydrogen-bond donors (Lipinski definition) is 0. The molecular formula is C27H34N4O4. The second-order valence-electron chi connectivity index (χ2n) is 10.5. The summed E-state index contributed by atoms with van der Waals surface area (Å²) in [4.78, 5) is 36.1. The highest BCUT2D eigenvalue weighted by Gasteiger charge is 2.46. The zero-order valence-corrected chi connectivity index (χ0v) is 20.6. The molecule has 6 rings (SSSR count). The highest BCUT2D eigenvalue weighted by atomic mass is 16.5. The van der Waals surface area contributed by atoms with Crippen molar-refractivity contribution in [3.63, 3.8) is 0 Å². The molecule has 1 aromatic heterocycles. The van der Waals surface area contributed by atoms with Gasteiger partial charge in [-0.3, -0.25) is 19.1 Å². The number of carbonyl (C=O) groups excluding carboxylic acids is 1. The minimum Gasteiger partial charge on any atom is -0.493 e. The molecule has 1 amide bonds. The third-order valence-corrected chi connectivity index (χ3v) is 8.61. The minimum atomic E-state index is -0.241. The summed E-state index contributed by atoms with van der Waals surface area (Å²) in [6, 6.07) is 4.20. The van der Waals surface area contributed by atoms with Gasteiger partial charge in [-0.1, -0.05) is 18.1 Å². The van der Waals surface area contributed by atoms with Gasteiger partial charge in [0.25, 0.3) is 5.56 Å². The number of benzene rings is 1. The van der Waals surface area contributed by atoms with Crippen LogP contribution in [-0.2, 0) is 11.3 Å². The fraction of sp³-hybridized carbons (Fsp3) is 0.593. The molecule has 0 N–H and O–H groups in total. The number of likely N-dealkylation sites (tertiary alicyclic amines) is 1. The Balaban J connectivity index is 1.27. The highest BCUT2D eigenvalue weighted by molar-refractivity contribution is 5.82. The molecule has 4 aliphatic rings. The van der Waals surface area contributed by atoms with Gasteiger partial charge in [-0.2, -0.15) is 0 Å². The molecule has 4 heterocycles. The molecule has 1 aliphatic carbocycles. The van der Waals surface area contributed by atoms with Crippen molar-refractivity contribution in [2.75, 3.05) is 33.9 Å². The normalized spacial score (nSPS) is 28.2. The maximum atomic E-state index is 13.6. The van der Waals surface area contributed by atoms with E-state index in [1.807, 2.05) is 0 Å². The molecule has 4 atom stereocenters. The van der Waals surface area contributed by atoms with E-state index in [0.717, 1.165) is 25.9 Å². The van der Waals surface area contributed by atoms with E-state index < -0.39 is 0 Å². The summed E-state index contributed by atoms with van der Waals surface area (Å²) in [5.74, 6) is 2.12. The van der Waals surface area contributed by atoms with Gasteiger partial charge in [0.2, 0.25) is 5.91 Å². The Morgan fingerprint density at radius 3 is 2.77 bits per heavy atom. The van der Waals surface area contributed by atoms with Gasteiger partial charge >= 0.3 is 0 Å². The number of rotatable bonds is 4. The monoisotopic (exact) mass is 478 g/mol. The number of amides is 1. The first-order chi connectivity index (χ1) is 17.1. The maximum Gasteiger partial charge on any atom is 0.261 e. The second kappa shape index (κ2) is 8.97. The number of aromatic nitrogens is 2. The largest absolute Gasteiger partial charge is 0.493 e. The zero-order chi connectivity index (χ0) is 24.1. The molecule has 0 saturated carbocycles. The summed E-state index contributed by atoms with van der Waals surface area (Å²) < 4.78 is 12.1. The maximum absolute atomic E-state index is 13.6. The van der Waals surface area contributed by atoms with Crippen molar-refractivity contribution in [3.05, 3.63) is 40.5 Å². The van der Waals surface area contributed by atoms with Gasteiger partial charge in [0.15, 0.2) is 11.5 Å². The molecule has 3 fully saturated rings. The van der Waals surface area contributed by atoms with Gasteiger partial charge in [0.1, 0.15) is 6.54 Å². The SMILES string of the molecule is COc1cc2ncn(CC(=O)N3CCCC4=CC5CC(CN6CCCCC56)C43)c(=O)c2cc1OC. The van der Waals surface area contributed by atoms with Gasteiger partial charge in [-0.05, 0) is 56.6 Å². The number of ether oxygens (including phenoxy) is 2. The molecule has 0 spiro atoms. The van der Waals surface area contributed by atoms with Crippen LogP contribution in [0.1, 0.15) is 38.5 Å². The van der Waals surface area contributed by atoms with Gasteiger partial charge in [-0.15, -0.1) is 0 Å². The summed E-state index contributed by atoms with van der Waals surface area (Å²) in [7, 11) is 3.09. The van der Waals surface area contributed by atoms with Crippen molar-refractivity contribution in [1.29, 1.82) is 0 Å². The van der Waals surface area contributed by atoms with Gasteiger partial charge in [0, 0.05) is 25.2 Å². The predicted molar refractivity (Wildman–Crippen MR) is 133 cm³/mol. The lowest BCUT2D eigenvalue weighted by Gasteiger charge is -2.54. The number of hydrogen-bond acceptors (Lipinski definition) is 6. The van der Waals surface area contributed by atoms with Crippen molar-refractivity contribution in [1.82, 2.24) is 19.4 Å². The van der Waals surface area contributed by atoms with Crippen LogP contribution in [0.25, 0.3) is 10.9 Å². The van der Waals surface area contributed by atoms with Crippen molar-refractivity contribution in [3.8, 4) is 11.5 Å². The second-order valence-corrected chi connectivity index (χ2v) is 10.5. The number of piperidine rings is 3. The molecule has 186 valence electrons. The Hall–Kier alpha value is -2.87. The average molecular weight is 479 g/mol. The molecule has 1 aromatic carbocycles. The third-order valence-electron chi connectivity index (χ3n) is 8.61. The molecule has 3 saturated heterocycles. The molecule has 0 radical (unpaired) electrons. The Bertz CT molecular complexity index is 1240. The van der Waals surface area contributed by atoms with Crippen molar-refractivity contribution in [2.24, 2.45) is 11.8 Å². The number of methoxy groups -OCH3 is 2. The standard InChI is InChI=1S/C27H34N4O4/c1-34-23-12-20-21(13-24(23)35-2)28-16-30(27(20)33)15-25(32)31-9-5-6-17-10-18-11-19(26(17)31)14-29-8-4-3-7-22(18)29/h10,12-13,16,18-19,22,26H,3-9,11,14-15H2,1-2H3. The third kappa shape index (κ3) is 3.82. The number of carbonyl (C=O) groups is 1. The lowest BCUT2D eigenvalue weighted by molar-refractivity contribution is -0.137. The average Bonchev–Trinajstić information content (AvgIpc) is 2.89. The van der Waals surface area contributed by atoms with E-state index in [2.05, 4.69) is 20.9 Å². The quantitative estimate of drug-likeness (QED) is 0.629. The van der Waals surface area contributed by atoms with Crippen LogP contribution in [0.2, 0.25) is 0 Å². The smallest absolute Gasteiger partial charge is 0.261 e. The lowest BCUT2D eigenvalue weighted by Crippen LogP contribution is -2.60. The molecule has 2 bridgehead atoms. The summed E-state index contributed by atoms with van der Waals surface area (Å²) in [6.07, 6.45) is 11.2. The predicted octanol–water partition coefficient (Wildman–Crippen LogP) is 2.84. The van der Waals surface area contributed by atoms with Gasteiger partial charge in [0.05, 0.1) is 37.5 Å². The molecule has 35 heavy (non-hydrogen) atoms. The number of nitrogens with zero attached hydrogens (tertiary/aromatic N) is 4.